The van der Waals surface area contributed by atoms with E-state index in [9.17, 15) is 0 Å². The molecule has 100 valence electrons. The average Bonchev–Trinajstić information content (AvgIpc) is 2.46. The molecule has 1 unspecified atom stereocenters. The van der Waals surface area contributed by atoms with E-state index in [1.807, 2.05) is 12.1 Å². The maximum Gasteiger partial charge on any atom is 0.119 e. The van der Waals surface area contributed by atoms with Crippen LogP contribution >= 0.6 is 0 Å². The Kier molecular flexibility index (Phi) is 5.06. The molecule has 0 spiro atoms. The van der Waals surface area contributed by atoms with Crippen molar-refractivity contribution in [3.63, 3.8) is 0 Å². The summed E-state index contributed by atoms with van der Waals surface area (Å²) in [5.74, 6) is 1.60. The molecule has 18 heavy (non-hydrogen) atoms. The Morgan fingerprint density at radius 1 is 1.17 bits per heavy atom. The summed E-state index contributed by atoms with van der Waals surface area (Å²) in [5.41, 5.74) is 7.57. The van der Waals surface area contributed by atoms with Crippen LogP contribution in [0.15, 0.2) is 24.3 Å². The van der Waals surface area contributed by atoms with Gasteiger partial charge in [-0.05, 0) is 42.9 Å². The van der Waals surface area contributed by atoms with Crippen molar-refractivity contribution in [3.05, 3.63) is 29.8 Å². The quantitative estimate of drug-likeness (QED) is 0.863. The summed E-state index contributed by atoms with van der Waals surface area (Å²) < 4.78 is 5.80. The molecule has 0 saturated heterocycles. The first kappa shape index (κ1) is 13.4. The van der Waals surface area contributed by atoms with E-state index < -0.39 is 0 Å². The number of benzene rings is 1. The standard InChI is InChI=1S/C16H25NO/c1-2-13-8-10-15(11-9-13)18-12-16(17)14-6-4-3-5-7-14/h8-11,14,16H,2-7,12,17H2,1H3. The van der Waals surface area contributed by atoms with Crippen molar-refractivity contribution in [1.29, 1.82) is 0 Å². The highest BCUT2D eigenvalue weighted by Gasteiger charge is 2.20. The van der Waals surface area contributed by atoms with E-state index in [2.05, 4.69) is 19.1 Å². The largest absolute Gasteiger partial charge is 0.492 e. The Labute approximate surface area is 111 Å². The first-order valence-electron chi connectivity index (χ1n) is 7.27. The van der Waals surface area contributed by atoms with Gasteiger partial charge in [0.15, 0.2) is 0 Å². The number of hydrogen-bond acceptors (Lipinski definition) is 2. The van der Waals surface area contributed by atoms with Crippen molar-refractivity contribution in [2.45, 2.75) is 51.5 Å². The van der Waals surface area contributed by atoms with E-state index in [-0.39, 0.29) is 6.04 Å². The smallest absolute Gasteiger partial charge is 0.119 e. The first-order chi connectivity index (χ1) is 8.79. The minimum Gasteiger partial charge on any atom is -0.492 e. The van der Waals surface area contributed by atoms with Gasteiger partial charge in [-0.2, -0.15) is 0 Å². The van der Waals surface area contributed by atoms with Crippen molar-refractivity contribution in [2.75, 3.05) is 6.61 Å². The van der Waals surface area contributed by atoms with Crippen LogP contribution in [0.4, 0.5) is 0 Å². The summed E-state index contributed by atoms with van der Waals surface area (Å²) in [6.45, 7) is 2.81. The van der Waals surface area contributed by atoms with Gasteiger partial charge in [-0.25, -0.2) is 0 Å². The fourth-order valence-electron chi connectivity index (χ4n) is 2.71. The zero-order valence-corrected chi connectivity index (χ0v) is 11.4. The molecule has 1 saturated carbocycles. The lowest BCUT2D eigenvalue weighted by Crippen LogP contribution is -2.37. The van der Waals surface area contributed by atoms with Crippen LogP contribution in [0.2, 0.25) is 0 Å². The highest BCUT2D eigenvalue weighted by atomic mass is 16.5. The maximum atomic E-state index is 6.23. The van der Waals surface area contributed by atoms with Gasteiger partial charge in [0.1, 0.15) is 12.4 Å². The second kappa shape index (κ2) is 6.79. The summed E-state index contributed by atoms with van der Waals surface area (Å²) in [7, 11) is 0. The molecule has 0 aromatic heterocycles. The van der Waals surface area contributed by atoms with Crippen molar-refractivity contribution in [2.24, 2.45) is 11.7 Å². The SMILES string of the molecule is CCc1ccc(OCC(N)C2CCCCC2)cc1. The first-order valence-corrected chi connectivity index (χ1v) is 7.27. The Bertz CT molecular complexity index is 341. The molecule has 1 fully saturated rings. The van der Waals surface area contributed by atoms with Gasteiger partial charge >= 0.3 is 0 Å². The minimum absolute atomic E-state index is 0.191. The Morgan fingerprint density at radius 3 is 2.44 bits per heavy atom. The van der Waals surface area contributed by atoms with Gasteiger partial charge < -0.3 is 10.5 Å². The summed E-state index contributed by atoms with van der Waals surface area (Å²) in [6.07, 6.45) is 7.68. The fraction of sp³-hybridized carbons (Fsp3) is 0.625. The molecule has 0 aliphatic heterocycles. The molecule has 0 heterocycles. The molecule has 2 rings (SSSR count). The van der Waals surface area contributed by atoms with Crippen molar-refractivity contribution < 1.29 is 4.74 Å². The molecule has 1 aliphatic rings. The van der Waals surface area contributed by atoms with Gasteiger partial charge in [0, 0.05) is 6.04 Å². The average molecular weight is 247 g/mol. The molecular formula is C16H25NO. The number of ether oxygens (including phenoxy) is 1. The molecular weight excluding hydrogens is 222 g/mol. The van der Waals surface area contributed by atoms with Gasteiger partial charge in [0.05, 0.1) is 0 Å². The highest BCUT2D eigenvalue weighted by molar-refractivity contribution is 5.27. The monoisotopic (exact) mass is 247 g/mol. The fourth-order valence-corrected chi connectivity index (χ4v) is 2.71. The van der Waals surface area contributed by atoms with Gasteiger partial charge in [-0.15, -0.1) is 0 Å². The molecule has 0 amide bonds. The molecule has 2 heteroatoms. The van der Waals surface area contributed by atoms with Gasteiger partial charge in [-0.3, -0.25) is 0 Å². The number of nitrogens with two attached hydrogens (primary N) is 1. The zero-order valence-electron chi connectivity index (χ0n) is 11.4. The molecule has 1 aromatic carbocycles. The molecule has 1 atom stereocenters. The van der Waals surface area contributed by atoms with Crippen molar-refractivity contribution in [3.8, 4) is 5.75 Å². The molecule has 2 N–H and O–H groups in total. The van der Waals surface area contributed by atoms with E-state index >= 15 is 0 Å². The molecule has 1 aliphatic carbocycles. The highest BCUT2D eigenvalue weighted by Crippen LogP contribution is 2.26. The predicted molar refractivity (Wildman–Crippen MR) is 75.9 cm³/mol. The third kappa shape index (κ3) is 3.74. The molecule has 2 nitrogen and oxygen atoms in total. The second-order valence-corrected chi connectivity index (χ2v) is 5.37. The van der Waals surface area contributed by atoms with Crippen molar-refractivity contribution >= 4 is 0 Å². The summed E-state index contributed by atoms with van der Waals surface area (Å²) in [6, 6.07) is 8.54. The topological polar surface area (TPSA) is 35.2 Å². The number of rotatable bonds is 5. The van der Waals surface area contributed by atoms with Crippen LogP contribution < -0.4 is 10.5 Å². The normalized spacial score (nSPS) is 18.6. The van der Waals surface area contributed by atoms with E-state index in [4.69, 9.17) is 10.5 Å². The number of hydrogen-bond donors (Lipinski definition) is 1. The van der Waals surface area contributed by atoms with Crippen molar-refractivity contribution in [1.82, 2.24) is 0 Å². The van der Waals surface area contributed by atoms with Crippen LogP contribution in [0.1, 0.15) is 44.6 Å². The molecule has 0 radical (unpaired) electrons. The van der Waals surface area contributed by atoms with E-state index in [0.717, 1.165) is 12.2 Å². The van der Waals surface area contributed by atoms with E-state index in [1.165, 1.54) is 37.7 Å². The van der Waals surface area contributed by atoms with Gasteiger partial charge in [0.25, 0.3) is 0 Å². The summed E-state index contributed by atoms with van der Waals surface area (Å²) >= 11 is 0. The lowest BCUT2D eigenvalue weighted by Gasteiger charge is -2.27. The number of aryl methyl sites for hydroxylation is 1. The van der Waals surface area contributed by atoms with Gasteiger partial charge in [0.2, 0.25) is 0 Å². The Hall–Kier alpha value is -1.02. The zero-order chi connectivity index (χ0) is 12.8. The van der Waals surface area contributed by atoms with Gasteiger partial charge in [-0.1, -0.05) is 38.3 Å². The second-order valence-electron chi connectivity index (χ2n) is 5.37. The summed E-state index contributed by atoms with van der Waals surface area (Å²) in [5, 5.41) is 0. The third-order valence-corrected chi connectivity index (χ3v) is 4.03. The van der Waals surface area contributed by atoms with Crippen LogP contribution in [-0.2, 0) is 6.42 Å². The Balaban J connectivity index is 1.78. The van der Waals surface area contributed by atoms with Crippen LogP contribution in [0.25, 0.3) is 0 Å². The lowest BCUT2D eigenvalue weighted by atomic mass is 9.84. The molecule has 1 aromatic rings. The van der Waals surface area contributed by atoms with E-state index in [0.29, 0.717) is 12.5 Å². The van der Waals surface area contributed by atoms with Crippen LogP contribution in [-0.4, -0.2) is 12.6 Å². The Morgan fingerprint density at radius 2 is 1.83 bits per heavy atom. The van der Waals surface area contributed by atoms with E-state index in [1.54, 1.807) is 0 Å². The maximum absolute atomic E-state index is 6.23. The lowest BCUT2D eigenvalue weighted by molar-refractivity contribution is 0.214. The van der Waals surface area contributed by atoms with Crippen LogP contribution in [0, 0.1) is 5.92 Å². The predicted octanol–water partition coefficient (Wildman–Crippen LogP) is 3.54. The summed E-state index contributed by atoms with van der Waals surface area (Å²) in [4.78, 5) is 0. The minimum atomic E-state index is 0.191. The third-order valence-electron chi connectivity index (χ3n) is 4.03. The van der Waals surface area contributed by atoms with Crippen LogP contribution in [0.5, 0.6) is 5.75 Å². The molecule has 0 bridgehead atoms. The van der Waals surface area contributed by atoms with Crippen LogP contribution in [0.3, 0.4) is 0 Å².